The smallest absolute Gasteiger partial charge is 0.323 e. The van der Waals surface area contributed by atoms with Crippen LogP contribution in [0.4, 0.5) is 0 Å². The first-order chi connectivity index (χ1) is 11.5. The van der Waals surface area contributed by atoms with Gasteiger partial charge in [0.05, 0.1) is 0 Å². The van der Waals surface area contributed by atoms with E-state index in [4.69, 9.17) is 11.5 Å². The normalized spacial score (nSPS) is 14.0. The minimum atomic E-state index is -1.11. The van der Waals surface area contributed by atoms with Gasteiger partial charge in [-0.2, -0.15) is 10.2 Å². The van der Waals surface area contributed by atoms with Crippen molar-refractivity contribution in [1.82, 2.24) is 4.90 Å². The van der Waals surface area contributed by atoms with Crippen LogP contribution in [-0.2, 0) is 16.1 Å². The van der Waals surface area contributed by atoms with Gasteiger partial charge in [0.1, 0.15) is 12.3 Å². The standard InChI is InChI=1S/C17H19N3O4/c1-2-3-9-17(18-19-17)10-8-15(22)20(12-16(23)24)11-13-6-4-5-7-14(13)21/h1,4-7,21H,3,8-12H2,(H,23,24). The number of hydrogen-bond acceptors (Lipinski definition) is 5. The van der Waals surface area contributed by atoms with E-state index < -0.39 is 18.2 Å². The number of nitrogens with zero attached hydrogens (tertiary/aromatic N) is 3. The lowest BCUT2D eigenvalue weighted by atomic mass is 10.0. The Hall–Kier alpha value is -2.88. The molecule has 1 aromatic rings. The highest BCUT2D eigenvalue weighted by Gasteiger charge is 2.39. The number of aliphatic carboxylic acids is 1. The highest BCUT2D eigenvalue weighted by Crippen LogP contribution is 2.37. The number of carbonyl (C=O) groups excluding carboxylic acids is 1. The molecule has 0 radical (unpaired) electrons. The molecule has 0 atom stereocenters. The molecular weight excluding hydrogens is 310 g/mol. The maximum absolute atomic E-state index is 12.4. The van der Waals surface area contributed by atoms with Gasteiger partial charge in [-0.3, -0.25) is 9.59 Å². The van der Waals surface area contributed by atoms with Crippen LogP contribution >= 0.6 is 0 Å². The number of benzene rings is 1. The lowest BCUT2D eigenvalue weighted by molar-refractivity contribution is -0.145. The van der Waals surface area contributed by atoms with Gasteiger partial charge in [-0.15, -0.1) is 12.3 Å². The maximum atomic E-state index is 12.4. The second-order valence-corrected chi connectivity index (χ2v) is 5.66. The zero-order valence-electron chi connectivity index (χ0n) is 13.2. The van der Waals surface area contributed by atoms with E-state index in [0.29, 0.717) is 24.8 Å². The van der Waals surface area contributed by atoms with Gasteiger partial charge in [-0.05, 0) is 6.07 Å². The second kappa shape index (κ2) is 7.59. The summed E-state index contributed by atoms with van der Waals surface area (Å²) in [7, 11) is 0. The van der Waals surface area contributed by atoms with Crippen LogP contribution in [0.1, 0.15) is 31.2 Å². The zero-order valence-corrected chi connectivity index (χ0v) is 13.2. The Balaban J connectivity index is 1.97. The molecule has 126 valence electrons. The zero-order chi connectivity index (χ0) is 17.6. The van der Waals surface area contributed by atoms with E-state index in [1.54, 1.807) is 18.2 Å². The number of rotatable bonds is 9. The monoisotopic (exact) mass is 329 g/mol. The van der Waals surface area contributed by atoms with Gasteiger partial charge in [0.15, 0.2) is 5.66 Å². The Kier molecular flexibility index (Phi) is 5.53. The molecule has 2 N–H and O–H groups in total. The number of phenolic OH excluding ortho intramolecular Hbond substituents is 1. The predicted molar refractivity (Wildman–Crippen MR) is 86.0 cm³/mol. The summed E-state index contributed by atoms with van der Waals surface area (Å²) in [5.41, 5.74) is -0.0823. The van der Waals surface area contributed by atoms with Gasteiger partial charge >= 0.3 is 5.97 Å². The molecule has 0 aliphatic carbocycles. The minimum absolute atomic E-state index is 0.0263. The molecule has 7 heteroatoms. The molecular formula is C17H19N3O4. The first kappa shape index (κ1) is 17.5. The Morgan fingerprint density at radius 2 is 1.96 bits per heavy atom. The largest absolute Gasteiger partial charge is 0.508 e. The molecule has 7 nitrogen and oxygen atoms in total. The van der Waals surface area contributed by atoms with Gasteiger partial charge in [0, 0.05) is 37.8 Å². The third kappa shape index (κ3) is 4.81. The quantitative estimate of drug-likeness (QED) is 0.678. The van der Waals surface area contributed by atoms with E-state index >= 15 is 0 Å². The van der Waals surface area contributed by atoms with E-state index in [9.17, 15) is 14.7 Å². The molecule has 0 saturated carbocycles. The molecule has 0 spiro atoms. The van der Waals surface area contributed by atoms with Crippen molar-refractivity contribution in [3.63, 3.8) is 0 Å². The van der Waals surface area contributed by atoms with Crippen molar-refractivity contribution in [1.29, 1.82) is 0 Å². The number of carbonyl (C=O) groups is 2. The van der Waals surface area contributed by atoms with Crippen LogP contribution in [0.5, 0.6) is 5.75 Å². The molecule has 1 aromatic carbocycles. The molecule has 0 aromatic heterocycles. The second-order valence-electron chi connectivity index (χ2n) is 5.66. The summed E-state index contributed by atoms with van der Waals surface area (Å²) >= 11 is 0. The fourth-order valence-electron chi connectivity index (χ4n) is 2.38. The van der Waals surface area contributed by atoms with Crippen molar-refractivity contribution in [2.24, 2.45) is 10.2 Å². The third-order valence-corrected chi connectivity index (χ3v) is 3.82. The molecule has 1 aliphatic heterocycles. The van der Waals surface area contributed by atoms with E-state index in [-0.39, 0.29) is 24.6 Å². The Labute approximate surface area is 140 Å². The van der Waals surface area contributed by atoms with Crippen LogP contribution in [0, 0.1) is 12.3 Å². The number of aromatic hydroxyl groups is 1. The number of hydrogen-bond donors (Lipinski definition) is 2. The van der Waals surface area contributed by atoms with E-state index in [1.165, 1.54) is 11.0 Å². The number of carboxylic acids is 1. The van der Waals surface area contributed by atoms with Crippen LogP contribution in [0.15, 0.2) is 34.5 Å². The van der Waals surface area contributed by atoms with Crippen LogP contribution in [-0.4, -0.2) is 39.2 Å². The molecule has 0 unspecified atom stereocenters. The fourth-order valence-corrected chi connectivity index (χ4v) is 2.38. The lowest BCUT2D eigenvalue weighted by Gasteiger charge is -2.22. The number of amides is 1. The minimum Gasteiger partial charge on any atom is -0.508 e. The van der Waals surface area contributed by atoms with Crippen molar-refractivity contribution in [3.05, 3.63) is 29.8 Å². The highest BCUT2D eigenvalue weighted by molar-refractivity contribution is 5.81. The molecule has 24 heavy (non-hydrogen) atoms. The maximum Gasteiger partial charge on any atom is 0.323 e. The summed E-state index contributed by atoms with van der Waals surface area (Å²) in [6.07, 6.45) is 6.87. The average molecular weight is 329 g/mol. The number of carboxylic acid groups (broad SMARTS) is 1. The number of phenols is 1. The van der Waals surface area contributed by atoms with Crippen molar-refractivity contribution in [2.75, 3.05) is 6.54 Å². The van der Waals surface area contributed by atoms with E-state index in [0.717, 1.165) is 0 Å². The first-order valence-electron chi connectivity index (χ1n) is 7.60. The van der Waals surface area contributed by atoms with Crippen LogP contribution in [0.25, 0.3) is 0 Å². The Bertz CT molecular complexity index is 687. The Morgan fingerprint density at radius 3 is 2.54 bits per heavy atom. The molecule has 0 fully saturated rings. The topological polar surface area (TPSA) is 103 Å². The van der Waals surface area contributed by atoms with E-state index in [2.05, 4.69) is 16.1 Å². The summed E-state index contributed by atoms with van der Waals surface area (Å²) in [6, 6.07) is 6.52. The highest BCUT2D eigenvalue weighted by atomic mass is 16.4. The van der Waals surface area contributed by atoms with Crippen molar-refractivity contribution in [2.45, 2.75) is 37.9 Å². The summed E-state index contributed by atoms with van der Waals surface area (Å²) in [6.45, 7) is -0.401. The molecule has 0 bridgehead atoms. The fraction of sp³-hybridized carbons (Fsp3) is 0.412. The molecule has 0 saturated heterocycles. The molecule has 2 rings (SSSR count). The molecule has 1 heterocycles. The molecule has 1 aliphatic rings. The van der Waals surface area contributed by atoms with Gasteiger partial charge < -0.3 is 15.1 Å². The Morgan fingerprint density at radius 1 is 1.25 bits per heavy atom. The van der Waals surface area contributed by atoms with Gasteiger partial charge in [-0.25, -0.2) is 0 Å². The van der Waals surface area contributed by atoms with Crippen molar-refractivity contribution >= 4 is 11.9 Å². The summed E-state index contributed by atoms with van der Waals surface area (Å²) in [5.74, 6) is 1.11. The lowest BCUT2D eigenvalue weighted by Crippen LogP contribution is -2.35. The van der Waals surface area contributed by atoms with Gasteiger partial charge in [0.25, 0.3) is 0 Å². The van der Waals surface area contributed by atoms with Crippen molar-refractivity contribution in [3.8, 4) is 18.1 Å². The van der Waals surface area contributed by atoms with Crippen LogP contribution in [0.3, 0.4) is 0 Å². The van der Waals surface area contributed by atoms with Crippen LogP contribution in [0.2, 0.25) is 0 Å². The summed E-state index contributed by atoms with van der Waals surface area (Å²) < 4.78 is 0. The van der Waals surface area contributed by atoms with Gasteiger partial charge in [-0.1, -0.05) is 18.2 Å². The number of para-hydroxylation sites is 1. The third-order valence-electron chi connectivity index (χ3n) is 3.82. The predicted octanol–water partition coefficient (Wildman–Crippen LogP) is 2.16. The van der Waals surface area contributed by atoms with Crippen LogP contribution < -0.4 is 0 Å². The molecule has 1 amide bonds. The summed E-state index contributed by atoms with van der Waals surface area (Å²) in [4.78, 5) is 24.6. The summed E-state index contributed by atoms with van der Waals surface area (Å²) in [5, 5.41) is 26.8. The number of terminal acetylenes is 1. The van der Waals surface area contributed by atoms with Crippen molar-refractivity contribution < 1.29 is 19.8 Å². The average Bonchev–Trinajstić information content (AvgIpc) is 3.32. The van der Waals surface area contributed by atoms with Gasteiger partial charge in [0.2, 0.25) is 5.91 Å². The van der Waals surface area contributed by atoms with E-state index in [1.807, 2.05) is 0 Å². The SMILES string of the molecule is C#CCCC1(CCC(=O)N(CC(=O)O)Cc2ccccc2O)N=N1. The first-order valence-corrected chi connectivity index (χ1v) is 7.60.